The second kappa shape index (κ2) is 15.9. The van der Waals surface area contributed by atoms with Crippen molar-refractivity contribution in [1.29, 1.82) is 0 Å². The topological polar surface area (TPSA) is 132 Å². The average Bonchev–Trinajstić information content (AvgIpc) is 2.82. The third-order valence-electron chi connectivity index (χ3n) is 5.79. The molecule has 0 unspecified atom stereocenters. The smallest absolute Gasteiger partial charge is 0.407 e. The fraction of sp³-hybridized carbons (Fsp3) is 0.615. The summed E-state index contributed by atoms with van der Waals surface area (Å²) in [6.45, 7) is 4.85. The predicted octanol–water partition coefficient (Wildman–Crippen LogP) is 1.76. The van der Waals surface area contributed by atoms with Gasteiger partial charge < -0.3 is 30.2 Å². The maximum Gasteiger partial charge on any atom is 0.407 e. The summed E-state index contributed by atoms with van der Waals surface area (Å²) in [4.78, 5) is 51.0. The number of hydrogen-bond acceptors (Lipinski definition) is 7. The summed E-state index contributed by atoms with van der Waals surface area (Å²) in [5, 5.41) is 8.01. The number of Topliss-reactive ketones (excluding diaryl/α,β-unsaturated/α-hetero) is 1. The van der Waals surface area contributed by atoms with Crippen LogP contribution in [0.4, 0.5) is 4.79 Å². The van der Waals surface area contributed by atoms with Crippen molar-refractivity contribution in [2.75, 3.05) is 33.5 Å². The van der Waals surface area contributed by atoms with Crippen molar-refractivity contribution in [3.8, 4) is 0 Å². The molecule has 10 nitrogen and oxygen atoms in total. The first-order chi connectivity index (χ1) is 17.3. The Morgan fingerprint density at radius 3 is 2.25 bits per heavy atom. The van der Waals surface area contributed by atoms with Crippen molar-refractivity contribution in [2.45, 2.75) is 64.1 Å². The van der Waals surface area contributed by atoms with E-state index in [4.69, 9.17) is 14.2 Å². The highest BCUT2D eigenvalue weighted by molar-refractivity contribution is 6.38. The molecule has 3 N–H and O–H groups in total. The number of ketones is 1. The fourth-order valence-corrected chi connectivity index (χ4v) is 3.62. The first-order valence-corrected chi connectivity index (χ1v) is 12.5. The van der Waals surface area contributed by atoms with Gasteiger partial charge in [-0.2, -0.15) is 0 Å². The largest absolute Gasteiger partial charge is 0.447 e. The zero-order valence-electron chi connectivity index (χ0n) is 21.4. The van der Waals surface area contributed by atoms with Gasteiger partial charge in [-0.1, -0.05) is 44.2 Å². The van der Waals surface area contributed by atoms with Gasteiger partial charge in [0, 0.05) is 19.6 Å². The SMILES string of the molecule is COCCOCCOC(=O)N[C@@H](CC(C)C)C(=O)N[C@@H](Cc1ccccc1)C(=O)C(=O)NC1CCC1. The molecule has 2 atom stereocenters. The molecule has 0 heterocycles. The van der Waals surface area contributed by atoms with Crippen LogP contribution in [0.5, 0.6) is 0 Å². The number of hydrogen-bond donors (Lipinski definition) is 3. The van der Waals surface area contributed by atoms with Crippen molar-refractivity contribution >= 4 is 23.7 Å². The Morgan fingerprint density at radius 2 is 1.64 bits per heavy atom. The molecule has 10 heteroatoms. The van der Waals surface area contributed by atoms with E-state index in [1.54, 1.807) is 7.11 Å². The Bertz CT molecular complexity index is 843. The summed E-state index contributed by atoms with van der Waals surface area (Å²) in [6.07, 6.45) is 2.41. The maximum atomic E-state index is 13.2. The number of nitrogens with one attached hydrogen (secondary N) is 3. The van der Waals surface area contributed by atoms with Gasteiger partial charge in [0.1, 0.15) is 18.7 Å². The summed E-state index contributed by atoms with van der Waals surface area (Å²) >= 11 is 0. The van der Waals surface area contributed by atoms with Gasteiger partial charge in [0.2, 0.25) is 11.7 Å². The molecule has 200 valence electrons. The Kier molecular flexibility index (Phi) is 12.9. The second-order valence-corrected chi connectivity index (χ2v) is 9.28. The van der Waals surface area contributed by atoms with E-state index < -0.39 is 35.8 Å². The summed E-state index contributed by atoms with van der Waals surface area (Å²) in [6, 6.07) is 7.14. The monoisotopic (exact) mass is 505 g/mol. The quantitative estimate of drug-likeness (QED) is 0.230. The van der Waals surface area contributed by atoms with Crippen molar-refractivity contribution in [3.63, 3.8) is 0 Å². The standard InChI is InChI=1S/C26H39N3O7/c1-18(2)16-22(29-26(33)36-15-14-35-13-12-34-3)24(31)28-21(17-19-8-5-4-6-9-19)23(30)25(32)27-20-10-7-11-20/h4-6,8-9,18,20-22H,7,10-17H2,1-3H3,(H,27,32)(H,28,31)(H,29,33)/t21-,22-/m0/s1. The minimum absolute atomic E-state index is 0.00173. The van der Waals surface area contributed by atoms with Gasteiger partial charge in [-0.25, -0.2) is 4.79 Å². The molecule has 0 saturated heterocycles. The number of benzene rings is 1. The molecule has 36 heavy (non-hydrogen) atoms. The van der Waals surface area contributed by atoms with Crippen molar-refractivity contribution in [1.82, 2.24) is 16.0 Å². The zero-order valence-corrected chi connectivity index (χ0v) is 21.4. The van der Waals surface area contributed by atoms with Crippen LogP contribution in [0.15, 0.2) is 30.3 Å². The van der Waals surface area contributed by atoms with E-state index in [1.807, 2.05) is 44.2 Å². The van der Waals surface area contributed by atoms with E-state index in [-0.39, 0.29) is 31.6 Å². The lowest BCUT2D eigenvalue weighted by Crippen LogP contribution is -2.56. The van der Waals surface area contributed by atoms with E-state index in [0.717, 1.165) is 24.8 Å². The minimum atomic E-state index is -1.07. The first kappa shape index (κ1) is 29.3. The van der Waals surface area contributed by atoms with Crippen LogP contribution in [0.1, 0.15) is 45.1 Å². The van der Waals surface area contributed by atoms with Crippen LogP contribution in [0.2, 0.25) is 0 Å². The van der Waals surface area contributed by atoms with Gasteiger partial charge in [0.25, 0.3) is 5.91 Å². The Morgan fingerprint density at radius 1 is 0.944 bits per heavy atom. The number of carbonyl (C=O) groups is 4. The lowest BCUT2D eigenvalue weighted by molar-refractivity contribution is -0.141. The van der Waals surface area contributed by atoms with Crippen LogP contribution in [-0.4, -0.2) is 75.4 Å². The van der Waals surface area contributed by atoms with Crippen LogP contribution in [0.3, 0.4) is 0 Å². The van der Waals surface area contributed by atoms with Crippen LogP contribution in [-0.2, 0) is 35.0 Å². The highest BCUT2D eigenvalue weighted by atomic mass is 16.6. The molecular formula is C26H39N3O7. The summed E-state index contributed by atoms with van der Waals surface area (Å²) in [5.74, 6) is -1.90. The van der Waals surface area contributed by atoms with Crippen LogP contribution >= 0.6 is 0 Å². The minimum Gasteiger partial charge on any atom is -0.447 e. The highest BCUT2D eigenvalue weighted by Gasteiger charge is 2.32. The lowest BCUT2D eigenvalue weighted by Gasteiger charge is -2.27. The molecular weight excluding hydrogens is 466 g/mol. The molecule has 2 rings (SSSR count). The molecule has 0 bridgehead atoms. The molecule has 0 spiro atoms. The maximum absolute atomic E-state index is 13.2. The predicted molar refractivity (Wildman–Crippen MR) is 133 cm³/mol. The number of alkyl carbamates (subject to hydrolysis) is 1. The molecule has 1 aliphatic rings. The number of carbonyl (C=O) groups excluding carboxylic acids is 4. The van der Waals surface area contributed by atoms with Crippen molar-refractivity contribution in [2.24, 2.45) is 5.92 Å². The average molecular weight is 506 g/mol. The molecule has 1 aliphatic carbocycles. The van der Waals surface area contributed by atoms with Crippen molar-refractivity contribution in [3.05, 3.63) is 35.9 Å². The van der Waals surface area contributed by atoms with Crippen molar-refractivity contribution < 1.29 is 33.4 Å². The van der Waals surface area contributed by atoms with Gasteiger partial charge in [0.05, 0.1) is 19.8 Å². The van der Waals surface area contributed by atoms with Gasteiger partial charge >= 0.3 is 6.09 Å². The number of rotatable bonds is 16. The second-order valence-electron chi connectivity index (χ2n) is 9.28. The zero-order chi connectivity index (χ0) is 26.3. The van der Waals surface area contributed by atoms with Gasteiger partial charge in [-0.15, -0.1) is 0 Å². The third-order valence-corrected chi connectivity index (χ3v) is 5.79. The Labute approximate surface area is 212 Å². The number of methoxy groups -OCH3 is 1. The Balaban J connectivity index is 2.01. The molecule has 3 amide bonds. The van der Waals surface area contributed by atoms with E-state index in [1.165, 1.54) is 0 Å². The highest BCUT2D eigenvalue weighted by Crippen LogP contribution is 2.18. The molecule has 1 aromatic carbocycles. The lowest BCUT2D eigenvalue weighted by atomic mass is 9.92. The van der Waals surface area contributed by atoms with Gasteiger partial charge in [-0.3, -0.25) is 14.4 Å². The first-order valence-electron chi connectivity index (χ1n) is 12.5. The van der Waals surface area contributed by atoms with Gasteiger partial charge in [-0.05, 0) is 37.2 Å². The molecule has 1 fully saturated rings. The molecule has 0 radical (unpaired) electrons. The number of ether oxygens (including phenoxy) is 3. The number of amides is 3. The molecule has 0 aliphatic heterocycles. The molecule has 1 aromatic rings. The fourth-order valence-electron chi connectivity index (χ4n) is 3.62. The van der Waals surface area contributed by atoms with E-state index in [0.29, 0.717) is 19.6 Å². The van der Waals surface area contributed by atoms with E-state index >= 15 is 0 Å². The molecule has 1 saturated carbocycles. The van der Waals surface area contributed by atoms with Crippen LogP contribution in [0.25, 0.3) is 0 Å². The normalized spacial score (nSPS) is 14.9. The van der Waals surface area contributed by atoms with Crippen LogP contribution in [0, 0.1) is 5.92 Å². The Hall–Kier alpha value is -2.98. The summed E-state index contributed by atoms with van der Waals surface area (Å²) < 4.78 is 15.2. The van der Waals surface area contributed by atoms with E-state index in [2.05, 4.69) is 16.0 Å². The third kappa shape index (κ3) is 10.7. The summed E-state index contributed by atoms with van der Waals surface area (Å²) in [7, 11) is 1.56. The van der Waals surface area contributed by atoms with Gasteiger partial charge in [0.15, 0.2) is 0 Å². The van der Waals surface area contributed by atoms with Crippen LogP contribution < -0.4 is 16.0 Å². The van der Waals surface area contributed by atoms with E-state index in [9.17, 15) is 19.2 Å². The molecule has 0 aromatic heterocycles. The summed E-state index contributed by atoms with van der Waals surface area (Å²) in [5.41, 5.74) is 0.800.